The highest BCUT2D eigenvalue weighted by Crippen LogP contribution is 2.25. The van der Waals surface area contributed by atoms with Crippen LogP contribution in [0, 0.1) is 6.92 Å². The number of aryl methyl sites for hydroxylation is 1. The molecule has 3 rings (SSSR count). The van der Waals surface area contributed by atoms with E-state index in [1.54, 1.807) is 12.3 Å². The molecule has 100 valence electrons. The lowest BCUT2D eigenvalue weighted by Crippen LogP contribution is -2.02. The monoisotopic (exact) mass is 328 g/mol. The lowest BCUT2D eigenvalue weighted by atomic mass is 10.0. The Labute approximate surface area is 124 Å². The molecule has 0 atom stereocenters. The highest BCUT2D eigenvalue weighted by atomic mass is 79.9. The largest absolute Gasteiger partial charge is 0.398 e. The molecular weight excluding hydrogens is 316 g/mol. The predicted molar refractivity (Wildman–Crippen MR) is 85.0 cm³/mol. The van der Waals surface area contributed by atoms with Crippen LogP contribution in [0.2, 0.25) is 0 Å². The first-order valence-corrected chi connectivity index (χ1v) is 7.03. The van der Waals surface area contributed by atoms with Gasteiger partial charge in [0.05, 0.1) is 0 Å². The number of hydrogen-bond donors (Lipinski definition) is 2. The van der Waals surface area contributed by atoms with Gasteiger partial charge in [-0.15, -0.1) is 0 Å². The molecule has 0 radical (unpaired) electrons. The SMILES string of the molecule is Cc1ccc(C(=O)c2c[nH]c3ccc(Br)cc23)cc1N. The molecule has 0 amide bonds. The third kappa shape index (κ3) is 2.12. The van der Waals surface area contributed by atoms with Gasteiger partial charge in [0.2, 0.25) is 0 Å². The molecule has 1 heterocycles. The summed E-state index contributed by atoms with van der Waals surface area (Å²) in [4.78, 5) is 15.7. The molecule has 3 aromatic rings. The highest BCUT2D eigenvalue weighted by molar-refractivity contribution is 9.10. The first-order valence-electron chi connectivity index (χ1n) is 6.24. The third-order valence-corrected chi connectivity index (χ3v) is 3.92. The summed E-state index contributed by atoms with van der Waals surface area (Å²) in [5, 5.41) is 0.906. The minimum Gasteiger partial charge on any atom is -0.398 e. The number of ketones is 1. The Balaban J connectivity index is 2.12. The number of anilines is 1. The number of aromatic amines is 1. The summed E-state index contributed by atoms with van der Waals surface area (Å²) < 4.78 is 0.946. The minimum atomic E-state index is -0.0268. The van der Waals surface area contributed by atoms with Gasteiger partial charge in [-0.25, -0.2) is 0 Å². The van der Waals surface area contributed by atoms with Gasteiger partial charge in [-0.05, 0) is 36.8 Å². The van der Waals surface area contributed by atoms with Gasteiger partial charge in [0.15, 0.2) is 5.78 Å². The molecule has 0 spiro atoms. The van der Waals surface area contributed by atoms with E-state index in [1.807, 2.05) is 37.3 Å². The second-order valence-corrected chi connectivity index (χ2v) is 5.71. The van der Waals surface area contributed by atoms with Crippen LogP contribution in [0.25, 0.3) is 10.9 Å². The second kappa shape index (κ2) is 4.80. The summed E-state index contributed by atoms with van der Waals surface area (Å²) >= 11 is 3.43. The standard InChI is InChI=1S/C16H13BrN2O/c1-9-2-3-10(6-14(9)18)16(20)13-8-19-15-5-4-11(17)7-12(13)15/h2-8,19H,18H2,1H3. The average Bonchev–Trinajstić information content (AvgIpc) is 2.84. The molecule has 3 N–H and O–H groups in total. The Morgan fingerprint density at radius 2 is 2.00 bits per heavy atom. The average molecular weight is 329 g/mol. The van der Waals surface area contributed by atoms with E-state index in [0.717, 1.165) is 20.9 Å². The highest BCUT2D eigenvalue weighted by Gasteiger charge is 2.15. The van der Waals surface area contributed by atoms with E-state index in [9.17, 15) is 4.79 Å². The van der Waals surface area contributed by atoms with Gasteiger partial charge in [0.1, 0.15) is 0 Å². The fourth-order valence-electron chi connectivity index (χ4n) is 2.22. The predicted octanol–water partition coefficient (Wildman–Crippen LogP) is 4.05. The number of H-pyrrole nitrogens is 1. The molecule has 3 nitrogen and oxygen atoms in total. The van der Waals surface area contributed by atoms with E-state index in [1.165, 1.54) is 0 Å². The Bertz CT molecular complexity index is 820. The van der Waals surface area contributed by atoms with Crippen LogP contribution >= 0.6 is 15.9 Å². The van der Waals surface area contributed by atoms with Crippen LogP contribution in [-0.2, 0) is 0 Å². The number of nitrogens with two attached hydrogens (primary N) is 1. The van der Waals surface area contributed by atoms with Crippen LogP contribution < -0.4 is 5.73 Å². The van der Waals surface area contributed by atoms with E-state index in [2.05, 4.69) is 20.9 Å². The molecule has 0 saturated heterocycles. The minimum absolute atomic E-state index is 0.0268. The van der Waals surface area contributed by atoms with Crippen molar-refractivity contribution in [3.63, 3.8) is 0 Å². The molecule has 20 heavy (non-hydrogen) atoms. The zero-order chi connectivity index (χ0) is 14.3. The molecule has 0 fully saturated rings. The molecule has 0 bridgehead atoms. The number of aromatic nitrogens is 1. The summed E-state index contributed by atoms with van der Waals surface area (Å²) in [5.41, 5.74) is 9.70. The Hall–Kier alpha value is -2.07. The van der Waals surface area contributed by atoms with Crippen LogP contribution in [0.1, 0.15) is 21.5 Å². The Morgan fingerprint density at radius 1 is 1.20 bits per heavy atom. The lowest BCUT2D eigenvalue weighted by molar-refractivity contribution is 0.104. The van der Waals surface area contributed by atoms with Crippen molar-refractivity contribution in [2.24, 2.45) is 0 Å². The third-order valence-electron chi connectivity index (χ3n) is 3.43. The zero-order valence-electron chi connectivity index (χ0n) is 10.9. The van der Waals surface area contributed by atoms with E-state index in [4.69, 9.17) is 5.73 Å². The molecular formula is C16H13BrN2O. The van der Waals surface area contributed by atoms with Crippen LogP contribution in [0.4, 0.5) is 5.69 Å². The van der Waals surface area contributed by atoms with Crippen LogP contribution in [0.5, 0.6) is 0 Å². The molecule has 4 heteroatoms. The summed E-state index contributed by atoms with van der Waals surface area (Å²) in [6, 6.07) is 11.2. The van der Waals surface area contributed by atoms with Crippen molar-refractivity contribution in [1.29, 1.82) is 0 Å². The van der Waals surface area contributed by atoms with Gasteiger partial charge in [-0.2, -0.15) is 0 Å². The molecule has 2 aromatic carbocycles. The topological polar surface area (TPSA) is 58.9 Å². The van der Waals surface area contributed by atoms with E-state index in [0.29, 0.717) is 16.8 Å². The van der Waals surface area contributed by atoms with Crippen LogP contribution in [0.15, 0.2) is 47.1 Å². The van der Waals surface area contributed by atoms with Crippen LogP contribution in [0.3, 0.4) is 0 Å². The summed E-state index contributed by atoms with van der Waals surface area (Å²) in [7, 11) is 0. The first kappa shape index (κ1) is 12.9. The molecule has 0 saturated carbocycles. The van der Waals surface area contributed by atoms with Crippen molar-refractivity contribution in [2.45, 2.75) is 6.92 Å². The van der Waals surface area contributed by atoms with Crippen molar-refractivity contribution in [2.75, 3.05) is 5.73 Å². The van der Waals surface area contributed by atoms with Crippen molar-refractivity contribution in [3.8, 4) is 0 Å². The van der Waals surface area contributed by atoms with Crippen molar-refractivity contribution in [1.82, 2.24) is 4.98 Å². The smallest absolute Gasteiger partial charge is 0.195 e. The van der Waals surface area contributed by atoms with Crippen molar-refractivity contribution >= 4 is 38.3 Å². The number of nitrogen functional groups attached to an aromatic ring is 1. The number of carbonyl (C=O) groups is 1. The number of halogens is 1. The summed E-state index contributed by atoms with van der Waals surface area (Å²) in [6.07, 6.45) is 1.75. The number of benzene rings is 2. The number of fused-ring (bicyclic) bond motifs is 1. The van der Waals surface area contributed by atoms with Gasteiger partial charge in [-0.1, -0.05) is 28.1 Å². The molecule has 0 unspecified atom stereocenters. The van der Waals surface area contributed by atoms with E-state index >= 15 is 0 Å². The molecule has 0 aliphatic carbocycles. The second-order valence-electron chi connectivity index (χ2n) is 4.79. The Morgan fingerprint density at radius 3 is 2.75 bits per heavy atom. The van der Waals surface area contributed by atoms with E-state index in [-0.39, 0.29) is 5.78 Å². The number of carbonyl (C=O) groups excluding carboxylic acids is 1. The van der Waals surface area contributed by atoms with Gasteiger partial charge in [0.25, 0.3) is 0 Å². The van der Waals surface area contributed by atoms with Gasteiger partial charge < -0.3 is 10.7 Å². The summed E-state index contributed by atoms with van der Waals surface area (Å²) in [6.45, 7) is 1.92. The lowest BCUT2D eigenvalue weighted by Gasteiger charge is -2.04. The fourth-order valence-corrected chi connectivity index (χ4v) is 2.58. The van der Waals surface area contributed by atoms with Gasteiger partial charge in [0, 0.05) is 38.4 Å². The molecule has 1 aromatic heterocycles. The Kier molecular flexibility index (Phi) is 3.10. The van der Waals surface area contributed by atoms with Crippen molar-refractivity contribution in [3.05, 3.63) is 63.8 Å². The number of hydrogen-bond acceptors (Lipinski definition) is 2. The van der Waals surface area contributed by atoms with Gasteiger partial charge in [-0.3, -0.25) is 4.79 Å². The maximum atomic E-state index is 12.6. The maximum absolute atomic E-state index is 12.6. The van der Waals surface area contributed by atoms with Crippen LogP contribution in [-0.4, -0.2) is 10.8 Å². The molecule has 0 aliphatic rings. The van der Waals surface area contributed by atoms with Crippen molar-refractivity contribution < 1.29 is 4.79 Å². The normalized spacial score (nSPS) is 10.9. The molecule has 0 aliphatic heterocycles. The number of rotatable bonds is 2. The number of nitrogens with one attached hydrogen (secondary N) is 1. The maximum Gasteiger partial charge on any atom is 0.195 e. The first-order chi connectivity index (χ1) is 9.56. The van der Waals surface area contributed by atoms with E-state index < -0.39 is 0 Å². The fraction of sp³-hybridized carbons (Fsp3) is 0.0625. The zero-order valence-corrected chi connectivity index (χ0v) is 12.5. The van der Waals surface area contributed by atoms with Gasteiger partial charge >= 0.3 is 0 Å². The quantitative estimate of drug-likeness (QED) is 0.550. The summed E-state index contributed by atoms with van der Waals surface area (Å²) in [5.74, 6) is -0.0268.